The molecule has 2 rings (SSSR count). The fourth-order valence-corrected chi connectivity index (χ4v) is 1.92. The summed E-state index contributed by atoms with van der Waals surface area (Å²) in [5.41, 5.74) is 6.05. The normalized spacial score (nSPS) is 10.5. The van der Waals surface area contributed by atoms with E-state index in [0.29, 0.717) is 36.2 Å². The molecule has 0 aliphatic heterocycles. The molecule has 6 heteroatoms. The van der Waals surface area contributed by atoms with Gasteiger partial charge in [-0.15, -0.1) is 0 Å². The van der Waals surface area contributed by atoms with Gasteiger partial charge in [-0.25, -0.2) is 13.2 Å². The molecule has 0 spiro atoms. The molecule has 0 aliphatic rings. The van der Waals surface area contributed by atoms with Gasteiger partial charge in [0, 0.05) is 17.7 Å². The fourth-order valence-electron chi connectivity index (χ4n) is 1.92. The van der Waals surface area contributed by atoms with Gasteiger partial charge in [0.15, 0.2) is 11.6 Å². The Labute approximate surface area is 119 Å². The van der Waals surface area contributed by atoms with Crippen LogP contribution in [0.1, 0.15) is 15.9 Å². The molecule has 0 bridgehead atoms. The number of nitrogens with two attached hydrogens (primary N) is 1. The molecule has 0 unspecified atom stereocenters. The van der Waals surface area contributed by atoms with Crippen molar-refractivity contribution in [3.63, 3.8) is 0 Å². The third kappa shape index (κ3) is 3.41. The first-order chi connectivity index (χ1) is 10.0. The van der Waals surface area contributed by atoms with E-state index in [0.717, 1.165) is 0 Å². The predicted octanol–water partition coefficient (Wildman–Crippen LogP) is 2.86. The third-order valence-corrected chi connectivity index (χ3v) is 2.93. The highest BCUT2D eigenvalue weighted by Gasteiger charge is 2.15. The van der Waals surface area contributed by atoms with Gasteiger partial charge in [0.25, 0.3) is 5.91 Å². The van der Waals surface area contributed by atoms with Gasteiger partial charge in [0.1, 0.15) is 5.82 Å². The van der Waals surface area contributed by atoms with Gasteiger partial charge in [-0.3, -0.25) is 4.79 Å². The number of rotatable bonds is 4. The maximum absolute atomic E-state index is 13.5. The number of benzene rings is 2. The standard InChI is InChI=1S/C15H13F3N2O/c16-11-7-13(18)14(8-12(11)17)20-15(21)10-4-2-1-3-9(10)5-6-19/h1-4,7-8H,5-6,19H2,(H,20,21). The zero-order chi connectivity index (χ0) is 15.4. The molecule has 3 N–H and O–H groups in total. The number of hydrogen-bond donors (Lipinski definition) is 2. The van der Waals surface area contributed by atoms with E-state index in [1.54, 1.807) is 24.3 Å². The molecule has 0 saturated carbocycles. The van der Waals surface area contributed by atoms with E-state index in [-0.39, 0.29) is 0 Å². The molecule has 2 aromatic carbocycles. The maximum atomic E-state index is 13.5. The first-order valence-electron chi connectivity index (χ1n) is 6.26. The summed E-state index contributed by atoms with van der Waals surface area (Å²) >= 11 is 0. The van der Waals surface area contributed by atoms with E-state index in [4.69, 9.17) is 5.73 Å². The minimum Gasteiger partial charge on any atom is -0.330 e. The lowest BCUT2D eigenvalue weighted by molar-refractivity contribution is 0.102. The summed E-state index contributed by atoms with van der Waals surface area (Å²) in [7, 11) is 0. The summed E-state index contributed by atoms with van der Waals surface area (Å²) < 4.78 is 39.5. The number of hydrogen-bond acceptors (Lipinski definition) is 2. The van der Waals surface area contributed by atoms with Crippen LogP contribution in [0.3, 0.4) is 0 Å². The zero-order valence-electron chi connectivity index (χ0n) is 11.0. The summed E-state index contributed by atoms with van der Waals surface area (Å²) in [4.78, 5) is 12.1. The molecule has 0 atom stereocenters. The number of halogens is 3. The molecule has 0 saturated heterocycles. The maximum Gasteiger partial charge on any atom is 0.256 e. The number of anilines is 1. The second-order valence-electron chi connectivity index (χ2n) is 4.40. The van der Waals surface area contributed by atoms with Crippen molar-refractivity contribution in [1.82, 2.24) is 0 Å². The number of carbonyl (C=O) groups is 1. The Balaban J connectivity index is 2.28. The zero-order valence-corrected chi connectivity index (χ0v) is 11.0. The minimum absolute atomic E-state index is 0.312. The number of amides is 1. The van der Waals surface area contributed by atoms with E-state index in [1.807, 2.05) is 0 Å². The average Bonchev–Trinajstić information content (AvgIpc) is 2.45. The van der Waals surface area contributed by atoms with Gasteiger partial charge >= 0.3 is 0 Å². The second-order valence-corrected chi connectivity index (χ2v) is 4.40. The lowest BCUT2D eigenvalue weighted by Crippen LogP contribution is -2.17. The number of nitrogens with one attached hydrogen (secondary N) is 1. The molecule has 0 heterocycles. The van der Waals surface area contributed by atoms with Crippen LogP contribution in [0.15, 0.2) is 36.4 Å². The van der Waals surface area contributed by atoms with E-state index < -0.39 is 29.0 Å². The van der Waals surface area contributed by atoms with Crippen LogP contribution in [0, 0.1) is 17.5 Å². The predicted molar refractivity (Wildman–Crippen MR) is 73.5 cm³/mol. The van der Waals surface area contributed by atoms with Crippen molar-refractivity contribution < 1.29 is 18.0 Å². The molecule has 3 nitrogen and oxygen atoms in total. The van der Waals surface area contributed by atoms with E-state index >= 15 is 0 Å². The average molecular weight is 294 g/mol. The molecule has 0 radical (unpaired) electrons. The lowest BCUT2D eigenvalue weighted by Gasteiger charge is -2.10. The van der Waals surface area contributed by atoms with Gasteiger partial charge in [0.2, 0.25) is 0 Å². The van der Waals surface area contributed by atoms with Crippen LogP contribution in [-0.2, 0) is 6.42 Å². The molecule has 0 aliphatic carbocycles. The van der Waals surface area contributed by atoms with Gasteiger partial charge < -0.3 is 11.1 Å². The molecule has 1 amide bonds. The van der Waals surface area contributed by atoms with Crippen molar-refractivity contribution in [2.24, 2.45) is 5.73 Å². The Bertz CT molecular complexity index is 674. The highest BCUT2D eigenvalue weighted by molar-refractivity contribution is 6.05. The molecule has 110 valence electrons. The quantitative estimate of drug-likeness (QED) is 0.852. The first kappa shape index (κ1) is 15.1. The van der Waals surface area contributed by atoms with Crippen molar-refractivity contribution in [2.45, 2.75) is 6.42 Å². The van der Waals surface area contributed by atoms with Crippen molar-refractivity contribution >= 4 is 11.6 Å². The van der Waals surface area contributed by atoms with Crippen LogP contribution < -0.4 is 11.1 Å². The molecular weight excluding hydrogens is 281 g/mol. The van der Waals surface area contributed by atoms with Crippen LogP contribution in [0.25, 0.3) is 0 Å². The summed E-state index contributed by atoms with van der Waals surface area (Å²) in [5, 5.41) is 2.23. The van der Waals surface area contributed by atoms with Gasteiger partial charge in [-0.1, -0.05) is 18.2 Å². The highest BCUT2D eigenvalue weighted by atomic mass is 19.2. The Hall–Kier alpha value is -2.34. The van der Waals surface area contributed by atoms with Crippen LogP contribution in [0.2, 0.25) is 0 Å². The van der Waals surface area contributed by atoms with Crippen LogP contribution in [0.4, 0.5) is 18.9 Å². The van der Waals surface area contributed by atoms with Crippen molar-refractivity contribution in [1.29, 1.82) is 0 Å². The van der Waals surface area contributed by atoms with E-state index in [2.05, 4.69) is 5.32 Å². The largest absolute Gasteiger partial charge is 0.330 e. The van der Waals surface area contributed by atoms with Crippen LogP contribution in [0.5, 0.6) is 0 Å². The van der Waals surface area contributed by atoms with Crippen molar-refractivity contribution in [2.75, 3.05) is 11.9 Å². The monoisotopic (exact) mass is 294 g/mol. The summed E-state index contributed by atoms with van der Waals surface area (Å²) in [5.74, 6) is -4.20. The van der Waals surface area contributed by atoms with Crippen LogP contribution in [-0.4, -0.2) is 12.5 Å². The summed E-state index contributed by atoms with van der Waals surface area (Å²) in [6.45, 7) is 0.351. The molecule has 21 heavy (non-hydrogen) atoms. The first-order valence-corrected chi connectivity index (χ1v) is 6.26. The Kier molecular flexibility index (Phi) is 4.59. The number of carbonyl (C=O) groups excluding carboxylic acids is 1. The van der Waals surface area contributed by atoms with Gasteiger partial charge in [-0.2, -0.15) is 0 Å². The lowest BCUT2D eigenvalue weighted by atomic mass is 10.0. The summed E-state index contributed by atoms with van der Waals surface area (Å²) in [6, 6.07) is 7.67. The summed E-state index contributed by atoms with van der Waals surface area (Å²) in [6.07, 6.45) is 0.476. The molecule has 0 fully saturated rings. The van der Waals surface area contributed by atoms with E-state index in [9.17, 15) is 18.0 Å². The van der Waals surface area contributed by atoms with Crippen molar-refractivity contribution in [3.8, 4) is 0 Å². The molecular formula is C15H13F3N2O. The Morgan fingerprint density at radius 3 is 2.43 bits per heavy atom. The minimum atomic E-state index is -1.31. The fraction of sp³-hybridized carbons (Fsp3) is 0.133. The van der Waals surface area contributed by atoms with Gasteiger partial charge in [-0.05, 0) is 24.6 Å². The van der Waals surface area contributed by atoms with Crippen LogP contribution >= 0.6 is 0 Å². The SMILES string of the molecule is NCCc1ccccc1C(=O)Nc1cc(F)c(F)cc1F. The van der Waals surface area contributed by atoms with Gasteiger partial charge in [0.05, 0.1) is 5.69 Å². The molecule has 0 aromatic heterocycles. The Morgan fingerprint density at radius 1 is 1.05 bits per heavy atom. The topological polar surface area (TPSA) is 55.1 Å². The van der Waals surface area contributed by atoms with Crippen molar-refractivity contribution in [3.05, 3.63) is 65.0 Å². The Morgan fingerprint density at radius 2 is 1.71 bits per heavy atom. The third-order valence-electron chi connectivity index (χ3n) is 2.93. The smallest absolute Gasteiger partial charge is 0.256 e. The highest BCUT2D eigenvalue weighted by Crippen LogP contribution is 2.20. The molecule has 2 aromatic rings. The second kappa shape index (κ2) is 6.41. The van der Waals surface area contributed by atoms with E-state index in [1.165, 1.54) is 0 Å².